The van der Waals surface area contributed by atoms with Crippen molar-refractivity contribution in [2.75, 3.05) is 5.88 Å². The first-order chi connectivity index (χ1) is 7.51. The first-order valence-corrected chi connectivity index (χ1v) is 5.19. The summed E-state index contributed by atoms with van der Waals surface area (Å²) in [6, 6.07) is -1.46. The molecular formula is C9H13ClF3NO3. The number of rotatable bonds is 5. The molecule has 0 saturated carbocycles. The highest BCUT2D eigenvalue weighted by Crippen LogP contribution is 2.41. The molecular weight excluding hydrogens is 263 g/mol. The molecule has 0 heterocycles. The summed E-state index contributed by atoms with van der Waals surface area (Å²) in [6.45, 7) is 1.79. The highest BCUT2D eigenvalue weighted by atomic mass is 35.5. The van der Waals surface area contributed by atoms with Crippen molar-refractivity contribution in [1.82, 2.24) is 5.32 Å². The molecule has 0 aromatic rings. The monoisotopic (exact) mass is 275 g/mol. The van der Waals surface area contributed by atoms with Crippen LogP contribution in [0.3, 0.4) is 0 Å². The van der Waals surface area contributed by atoms with Crippen LogP contribution in [-0.4, -0.2) is 35.1 Å². The van der Waals surface area contributed by atoms with E-state index in [1.165, 1.54) is 0 Å². The van der Waals surface area contributed by atoms with Crippen LogP contribution < -0.4 is 5.32 Å². The summed E-state index contributed by atoms with van der Waals surface area (Å²) < 4.78 is 37.7. The number of nitrogens with one attached hydrogen (secondary N) is 1. The van der Waals surface area contributed by atoms with Crippen LogP contribution in [0.15, 0.2) is 0 Å². The van der Waals surface area contributed by atoms with Gasteiger partial charge in [0.1, 0.15) is 0 Å². The van der Waals surface area contributed by atoms with Gasteiger partial charge >= 0.3 is 12.3 Å². The van der Waals surface area contributed by atoms with Crippen LogP contribution >= 0.6 is 11.6 Å². The van der Waals surface area contributed by atoms with Gasteiger partial charge < -0.3 is 10.4 Å². The molecule has 0 fully saturated rings. The molecule has 8 heteroatoms. The second-order valence-corrected chi connectivity index (χ2v) is 4.46. The molecule has 1 unspecified atom stereocenters. The van der Waals surface area contributed by atoms with Crippen molar-refractivity contribution in [3.8, 4) is 0 Å². The second-order valence-electron chi connectivity index (χ2n) is 4.19. The van der Waals surface area contributed by atoms with Gasteiger partial charge in [-0.1, -0.05) is 13.8 Å². The van der Waals surface area contributed by atoms with E-state index >= 15 is 0 Å². The minimum Gasteiger partial charge on any atom is -0.465 e. The number of hydrogen-bond donors (Lipinski definition) is 2. The van der Waals surface area contributed by atoms with Crippen LogP contribution in [0.5, 0.6) is 0 Å². The maximum absolute atomic E-state index is 12.6. The molecule has 0 aliphatic carbocycles. The molecule has 2 N–H and O–H groups in total. The average molecular weight is 276 g/mol. The normalized spacial score (nSPS) is 14.2. The van der Waals surface area contributed by atoms with Crippen LogP contribution in [0, 0.1) is 5.41 Å². The van der Waals surface area contributed by atoms with E-state index in [0.29, 0.717) is 0 Å². The Morgan fingerprint density at radius 1 is 1.35 bits per heavy atom. The Balaban J connectivity index is 4.86. The maximum atomic E-state index is 12.6. The lowest BCUT2D eigenvalue weighted by atomic mass is 9.84. The van der Waals surface area contributed by atoms with Gasteiger partial charge in [-0.2, -0.15) is 13.2 Å². The van der Waals surface area contributed by atoms with Gasteiger partial charge in [-0.05, 0) is 6.42 Å². The summed E-state index contributed by atoms with van der Waals surface area (Å²) in [7, 11) is 0. The molecule has 0 rings (SSSR count). The molecule has 1 atom stereocenters. The number of ketones is 1. The summed E-state index contributed by atoms with van der Waals surface area (Å²) >= 11 is 5.21. The Labute approximate surface area is 101 Å². The average Bonchev–Trinajstić information content (AvgIpc) is 2.12. The third-order valence-corrected chi connectivity index (χ3v) is 2.56. The van der Waals surface area contributed by atoms with E-state index in [4.69, 9.17) is 16.7 Å². The van der Waals surface area contributed by atoms with Crippen LogP contribution in [0.1, 0.15) is 20.3 Å². The molecule has 0 aromatic carbocycles. The van der Waals surface area contributed by atoms with E-state index in [0.717, 1.165) is 13.8 Å². The lowest BCUT2D eigenvalue weighted by molar-refractivity contribution is -0.215. The van der Waals surface area contributed by atoms with Crippen LogP contribution in [0.2, 0.25) is 0 Å². The zero-order valence-corrected chi connectivity index (χ0v) is 10.0. The van der Waals surface area contributed by atoms with Crippen LogP contribution in [-0.2, 0) is 4.79 Å². The first-order valence-electron chi connectivity index (χ1n) is 4.66. The van der Waals surface area contributed by atoms with Crippen molar-refractivity contribution >= 4 is 23.5 Å². The van der Waals surface area contributed by atoms with Gasteiger partial charge in [-0.25, -0.2) is 4.79 Å². The summed E-state index contributed by atoms with van der Waals surface area (Å²) in [4.78, 5) is 21.6. The topological polar surface area (TPSA) is 66.4 Å². The van der Waals surface area contributed by atoms with Crippen molar-refractivity contribution < 1.29 is 27.9 Å². The number of amides is 1. The van der Waals surface area contributed by atoms with Crippen molar-refractivity contribution in [1.29, 1.82) is 0 Å². The minimum absolute atomic E-state index is 0.543. The van der Waals surface area contributed by atoms with Gasteiger partial charge in [0.2, 0.25) is 0 Å². The summed E-state index contributed by atoms with van der Waals surface area (Å²) in [5.41, 5.74) is -2.18. The maximum Gasteiger partial charge on any atom is 0.405 e. The Bertz CT molecular complexity index is 304. The van der Waals surface area contributed by atoms with Crippen LogP contribution in [0.4, 0.5) is 18.0 Å². The van der Waals surface area contributed by atoms with Gasteiger partial charge in [-0.15, -0.1) is 11.6 Å². The van der Waals surface area contributed by atoms with E-state index < -0.39 is 41.8 Å². The SMILES string of the molecule is CC(C)(CC(NC(=O)O)C(=O)CCl)C(F)(F)F. The fraction of sp³-hybridized carbons (Fsp3) is 0.778. The van der Waals surface area contributed by atoms with E-state index in [9.17, 15) is 22.8 Å². The quantitative estimate of drug-likeness (QED) is 0.757. The molecule has 1 amide bonds. The molecule has 0 spiro atoms. The Hall–Kier alpha value is -0.980. The molecule has 0 radical (unpaired) electrons. The summed E-state index contributed by atoms with van der Waals surface area (Å²) in [6.07, 6.45) is -6.78. The van der Waals surface area contributed by atoms with Crippen molar-refractivity contribution in [2.24, 2.45) is 5.41 Å². The van der Waals surface area contributed by atoms with Gasteiger partial charge in [0, 0.05) is 0 Å². The highest BCUT2D eigenvalue weighted by molar-refractivity contribution is 6.28. The lowest BCUT2D eigenvalue weighted by Gasteiger charge is -2.30. The molecule has 17 heavy (non-hydrogen) atoms. The standard InChI is InChI=1S/C9H13ClF3NO3/c1-8(2,9(11,12)13)3-5(6(15)4-10)14-7(16)17/h5,14H,3-4H2,1-2H3,(H,16,17). The number of carbonyl (C=O) groups excluding carboxylic acids is 1. The fourth-order valence-electron chi connectivity index (χ4n) is 1.11. The second kappa shape index (κ2) is 5.57. The molecule has 0 aliphatic heterocycles. The number of carbonyl (C=O) groups is 2. The predicted molar refractivity (Wildman–Crippen MR) is 55.1 cm³/mol. The Kier molecular flexibility index (Phi) is 5.25. The largest absolute Gasteiger partial charge is 0.465 e. The molecule has 0 bridgehead atoms. The molecule has 4 nitrogen and oxygen atoms in total. The van der Waals surface area contributed by atoms with Crippen molar-refractivity contribution in [3.63, 3.8) is 0 Å². The van der Waals surface area contributed by atoms with Gasteiger partial charge in [0.05, 0.1) is 17.3 Å². The zero-order valence-electron chi connectivity index (χ0n) is 9.27. The van der Waals surface area contributed by atoms with E-state index in [-0.39, 0.29) is 0 Å². The number of hydrogen-bond acceptors (Lipinski definition) is 2. The summed E-state index contributed by atoms with van der Waals surface area (Å²) in [5, 5.41) is 10.2. The number of halogens is 4. The summed E-state index contributed by atoms with van der Waals surface area (Å²) in [5.74, 6) is -1.33. The van der Waals surface area contributed by atoms with Crippen LogP contribution in [0.25, 0.3) is 0 Å². The number of Topliss-reactive ketones (excluding diaryl/α,β-unsaturated/α-hetero) is 1. The third kappa shape index (κ3) is 4.80. The lowest BCUT2D eigenvalue weighted by Crippen LogP contribution is -2.46. The Morgan fingerprint density at radius 2 is 1.82 bits per heavy atom. The van der Waals surface area contributed by atoms with E-state index in [1.54, 1.807) is 5.32 Å². The van der Waals surface area contributed by atoms with E-state index in [1.807, 2.05) is 0 Å². The number of alkyl halides is 4. The molecule has 0 saturated heterocycles. The van der Waals surface area contributed by atoms with E-state index in [2.05, 4.69) is 0 Å². The van der Waals surface area contributed by atoms with Gasteiger partial charge in [0.25, 0.3) is 0 Å². The molecule has 0 aromatic heterocycles. The first kappa shape index (κ1) is 16.0. The van der Waals surface area contributed by atoms with Gasteiger partial charge in [0.15, 0.2) is 5.78 Å². The Morgan fingerprint density at radius 3 is 2.12 bits per heavy atom. The molecule has 100 valence electrons. The predicted octanol–water partition coefficient (Wildman–Crippen LogP) is 2.41. The fourth-order valence-corrected chi connectivity index (χ4v) is 1.30. The third-order valence-electron chi connectivity index (χ3n) is 2.30. The minimum atomic E-state index is -4.53. The zero-order chi connectivity index (χ0) is 13.9. The smallest absolute Gasteiger partial charge is 0.405 e. The molecule has 0 aliphatic rings. The van der Waals surface area contributed by atoms with Crippen molar-refractivity contribution in [2.45, 2.75) is 32.5 Å². The van der Waals surface area contributed by atoms with Crippen molar-refractivity contribution in [3.05, 3.63) is 0 Å². The van der Waals surface area contributed by atoms with Gasteiger partial charge in [-0.3, -0.25) is 4.79 Å². The highest BCUT2D eigenvalue weighted by Gasteiger charge is 2.49. The number of carboxylic acid groups (broad SMARTS) is 1.